The average molecular weight is 513 g/mol. The Balaban J connectivity index is 1.66. The first-order valence-electron chi connectivity index (χ1n) is 9.21. The number of anilines is 1. The van der Waals surface area contributed by atoms with E-state index in [9.17, 15) is 9.59 Å². The Bertz CT molecular complexity index is 976. The first-order chi connectivity index (χ1) is 14.4. The van der Waals surface area contributed by atoms with Crippen molar-refractivity contribution in [2.45, 2.75) is 19.3 Å². The van der Waals surface area contributed by atoms with Crippen molar-refractivity contribution in [2.24, 2.45) is 0 Å². The molecule has 160 valence electrons. The number of rotatable bonds is 7. The molecule has 1 heterocycles. The summed E-state index contributed by atoms with van der Waals surface area (Å²) in [6, 6.07) is 4.99. The minimum Gasteiger partial charge on any atom is -0.490 e. The van der Waals surface area contributed by atoms with Crippen LogP contribution < -0.4 is 15.4 Å². The Morgan fingerprint density at radius 2 is 2.03 bits per heavy atom. The van der Waals surface area contributed by atoms with Crippen LogP contribution in [0.25, 0.3) is 0 Å². The van der Waals surface area contributed by atoms with E-state index in [4.69, 9.17) is 26.4 Å². The molecule has 1 aliphatic rings. The fourth-order valence-electron chi connectivity index (χ4n) is 3.11. The summed E-state index contributed by atoms with van der Waals surface area (Å²) >= 11 is 10.2. The van der Waals surface area contributed by atoms with E-state index in [-0.39, 0.29) is 11.0 Å². The molecule has 0 aliphatic heterocycles. The van der Waals surface area contributed by atoms with Gasteiger partial charge in [0.05, 0.1) is 23.8 Å². The Hall–Kier alpha value is -2.01. The lowest BCUT2D eigenvalue weighted by Crippen LogP contribution is -2.34. The van der Waals surface area contributed by atoms with Crippen molar-refractivity contribution in [3.63, 3.8) is 0 Å². The zero-order chi connectivity index (χ0) is 21.7. The van der Waals surface area contributed by atoms with Gasteiger partial charge in [0, 0.05) is 17.6 Å². The van der Waals surface area contributed by atoms with Gasteiger partial charge in [0.15, 0.2) is 5.11 Å². The normalized spacial score (nSPS) is 12.2. The van der Waals surface area contributed by atoms with Gasteiger partial charge >= 0.3 is 5.97 Å². The second-order valence-electron chi connectivity index (χ2n) is 6.45. The molecule has 3 rings (SSSR count). The SMILES string of the molecule is COCCOc1ccc(C(=O)NC(=S)Nc2sc3c(c2C(=O)OC)CCC3)cc1Br. The Labute approximate surface area is 192 Å². The van der Waals surface area contributed by atoms with E-state index in [1.54, 1.807) is 25.3 Å². The van der Waals surface area contributed by atoms with Crippen LogP contribution in [0, 0.1) is 0 Å². The maximum absolute atomic E-state index is 12.6. The standard InChI is InChI=1S/C20H21BrN2O5S2/c1-26-8-9-28-14-7-6-11(10-13(14)21)17(24)22-20(29)23-18-16(19(25)27-2)12-4-3-5-15(12)30-18/h6-7,10H,3-5,8-9H2,1-2H3,(H2,22,23,24,29). The van der Waals surface area contributed by atoms with Gasteiger partial charge < -0.3 is 19.5 Å². The predicted molar refractivity (Wildman–Crippen MR) is 123 cm³/mol. The summed E-state index contributed by atoms with van der Waals surface area (Å²) in [4.78, 5) is 26.0. The third-order valence-corrected chi connectivity index (χ3v) is 6.54. The topological polar surface area (TPSA) is 85.9 Å². The van der Waals surface area contributed by atoms with Gasteiger partial charge in [0.1, 0.15) is 17.4 Å². The number of thiocarbonyl (C=S) groups is 1. The minimum absolute atomic E-state index is 0.113. The number of hydrogen-bond acceptors (Lipinski definition) is 7. The number of thiophene rings is 1. The lowest BCUT2D eigenvalue weighted by molar-refractivity contribution is 0.0601. The van der Waals surface area contributed by atoms with Crippen LogP contribution in [0.3, 0.4) is 0 Å². The fourth-order valence-corrected chi connectivity index (χ4v) is 5.15. The zero-order valence-corrected chi connectivity index (χ0v) is 19.7. The van der Waals surface area contributed by atoms with Gasteiger partial charge in [-0.2, -0.15) is 0 Å². The van der Waals surface area contributed by atoms with Gasteiger partial charge in [0.2, 0.25) is 0 Å². The maximum Gasteiger partial charge on any atom is 0.341 e. The van der Waals surface area contributed by atoms with Crippen molar-refractivity contribution >= 4 is 61.5 Å². The van der Waals surface area contributed by atoms with Crippen LogP contribution in [0.4, 0.5) is 5.00 Å². The summed E-state index contributed by atoms with van der Waals surface area (Å²) in [6.45, 7) is 0.871. The number of esters is 1. The number of carbonyl (C=O) groups is 2. The Morgan fingerprint density at radius 1 is 1.23 bits per heavy atom. The molecule has 0 spiro atoms. The van der Waals surface area contributed by atoms with E-state index in [0.717, 1.165) is 29.7 Å². The van der Waals surface area contributed by atoms with E-state index >= 15 is 0 Å². The molecule has 0 radical (unpaired) electrons. The maximum atomic E-state index is 12.6. The van der Waals surface area contributed by atoms with Crippen molar-refractivity contribution in [1.82, 2.24) is 5.32 Å². The molecule has 7 nitrogen and oxygen atoms in total. The molecular weight excluding hydrogens is 492 g/mol. The largest absolute Gasteiger partial charge is 0.490 e. The van der Waals surface area contributed by atoms with Crippen molar-refractivity contribution < 1.29 is 23.8 Å². The number of aryl methyl sites for hydroxylation is 1. The third-order valence-electron chi connectivity index (χ3n) is 4.50. The molecular formula is C20H21BrN2O5S2. The fraction of sp³-hybridized carbons (Fsp3) is 0.350. The van der Waals surface area contributed by atoms with Gasteiger partial charge in [-0.05, 0) is 71.2 Å². The highest BCUT2D eigenvalue weighted by atomic mass is 79.9. The molecule has 0 fully saturated rings. The van der Waals surface area contributed by atoms with Crippen LogP contribution in [0.1, 0.15) is 37.6 Å². The highest BCUT2D eigenvalue weighted by Crippen LogP contribution is 2.39. The van der Waals surface area contributed by atoms with E-state index < -0.39 is 5.97 Å². The molecule has 1 aliphatic carbocycles. The Kier molecular flexibility index (Phi) is 7.81. The lowest BCUT2D eigenvalue weighted by atomic mass is 10.1. The number of hydrogen-bond donors (Lipinski definition) is 2. The first kappa shape index (κ1) is 22.7. The monoisotopic (exact) mass is 512 g/mol. The van der Waals surface area contributed by atoms with Gasteiger partial charge in [-0.1, -0.05) is 0 Å². The van der Waals surface area contributed by atoms with Crippen LogP contribution in [0.2, 0.25) is 0 Å². The molecule has 2 N–H and O–H groups in total. The first-order valence-corrected chi connectivity index (χ1v) is 11.2. The number of fused-ring (bicyclic) bond motifs is 1. The summed E-state index contributed by atoms with van der Waals surface area (Å²) in [5.74, 6) is -0.167. The molecule has 1 amide bonds. The highest BCUT2D eigenvalue weighted by molar-refractivity contribution is 9.10. The molecule has 0 saturated heterocycles. The molecule has 30 heavy (non-hydrogen) atoms. The second-order valence-corrected chi connectivity index (χ2v) is 8.82. The summed E-state index contributed by atoms with van der Waals surface area (Å²) < 4.78 is 16.1. The summed E-state index contributed by atoms with van der Waals surface area (Å²) in [5, 5.41) is 6.34. The van der Waals surface area contributed by atoms with Crippen LogP contribution in [-0.4, -0.2) is 44.4 Å². The molecule has 1 aromatic carbocycles. The lowest BCUT2D eigenvalue weighted by Gasteiger charge is -2.12. The molecule has 1 aromatic heterocycles. The van der Waals surface area contributed by atoms with Crippen molar-refractivity contribution in [2.75, 3.05) is 32.8 Å². The minimum atomic E-state index is -0.404. The van der Waals surface area contributed by atoms with Crippen LogP contribution in [0.5, 0.6) is 5.75 Å². The molecule has 2 aromatic rings. The highest BCUT2D eigenvalue weighted by Gasteiger charge is 2.27. The number of ether oxygens (including phenoxy) is 3. The number of nitrogens with one attached hydrogen (secondary N) is 2. The predicted octanol–water partition coefficient (Wildman–Crippen LogP) is 3.94. The van der Waals surface area contributed by atoms with Crippen molar-refractivity contribution in [3.05, 3.63) is 44.2 Å². The molecule has 0 bridgehead atoms. The number of benzene rings is 1. The van der Waals surface area contributed by atoms with Gasteiger partial charge in [-0.3, -0.25) is 10.1 Å². The number of methoxy groups -OCH3 is 2. The van der Waals surface area contributed by atoms with Gasteiger partial charge in [-0.15, -0.1) is 11.3 Å². The molecule has 10 heteroatoms. The Morgan fingerprint density at radius 3 is 2.73 bits per heavy atom. The zero-order valence-electron chi connectivity index (χ0n) is 16.5. The van der Waals surface area contributed by atoms with Crippen LogP contribution >= 0.6 is 39.5 Å². The third kappa shape index (κ3) is 5.18. The van der Waals surface area contributed by atoms with Gasteiger partial charge in [-0.25, -0.2) is 4.79 Å². The summed E-state index contributed by atoms with van der Waals surface area (Å²) in [7, 11) is 2.95. The van der Waals surface area contributed by atoms with Crippen molar-refractivity contribution in [3.8, 4) is 5.75 Å². The van der Waals surface area contributed by atoms with Crippen molar-refractivity contribution in [1.29, 1.82) is 0 Å². The molecule has 0 atom stereocenters. The second kappa shape index (κ2) is 10.3. The smallest absolute Gasteiger partial charge is 0.341 e. The molecule has 0 saturated carbocycles. The van der Waals surface area contributed by atoms with E-state index in [0.29, 0.717) is 39.6 Å². The van der Waals surface area contributed by atoms with Crippen LogP contribution in [0.15, 0.2) is 22.7 Å². The number of halogens is 1. The molecule has 0 unspecified atom stereocenters. The van der Waals surface area contributed by atoms with Crippen LogP contribution in [-0.2, 0) is 22.3 Å². The quantitative estimate of drug-likeness (QED) is 0.330. The van der Waals surface area contributed by atoms with E-state index in [2.05, 4.69) is 26.6 Å². The average Bonchev–Trinajstić information content (AvgIpc) is 3.29. The van der Waals surface area contributed by atoms with E-state index in [1.165, 1.54) is 18.4 Å². The summed E-state index contributed by atoms with van der Waals surface area (Å²) in [5.41, 5.74) is 1.93. The van der Waals surface area contributed by atoms with Gasteiger partial charge in [0.25, 0.3) is 5.91 Å². The number of amides is 1. The van der Waals surface area contributed by atoms with E-state index in [1.807, 2.05) is 0 Å². The summed E-state index contributed by atoms with van der Waals surface area (Å²) in [6.07, 6.45) is 2.79. The number of carbonyl (C=O) groups excluding carboxylic acids is 2.